The van der Waals surface area contributed by atoms with Crippen LogP contribution in [-0.4, -0.2) is 21.6 Å². The molecule has 1 aromatic heterocycles. The maximum Gasteiger partial charge on any atom is 0.141 e. The minimum Gasteiger partial charge on any atom is -0.387 e. The second-order valence-electron chi connectivity index (χ2n) is 3.03. The fourth-order valence-electron chi connectivity index (χ4n) is 1.05. The summed E-state index contributed by atoms with van der Waals surface area (Å²) < 4.78 is 12.7. The van der Waals surface area contributed by atoms with Crippen molar-refractivity contribution in [1.82, 2.24) is 4.98 Å². The van der Waals surface area contributed by atoms with E-state index in [1.807, 2.05) is 0 Å². The summed E-state index contributed by atoms with van der Waals surface area (Å²) in [5, 5.41) is 9.64. The predicted molar refractivity (Wildman–Crippen MR) is 56.8 cm³/mol. The second kappa shape index (κ2) is 5.98. The van der Waals surface area contributed by atoms with Crippen molar-refractivity contribution >= 4 is 11.8 Å². The fraction of sp³-hybridized carbons (Fsp3) is 0.500. The van der Waals surface area contributed by atoms with E-state index in [-0.39, 0.29) is 0 Å². The SMILES string of the molecule is CCCSCC(O)c1cncc(F)c1. The monoisotopic (exact) mass is 215 g/mol. The third-order valence-corrected chi connectivity index (χ3v) is 2.98. The summed E-state index contributed by atoms with van der Waals surface area (Å²) in [6.07, 6.45) is 3.10. The number of nitrogens with zero attached hydrogens (tertiary/aromatic N) is 1. The van der Waals surface area contributed by atoms with Gasteiger partial charge in [0.1, 0.15) is 5.82 Å². The number of rotatable bonds is 5. The molecule has 14 heavy (non-hydrogen) atoms. The molecular weight excluding hydrogens is 201 g/mol. The molecule has 0 aromatic carbocycles. The molecule has 0 radical (unpaired) electrons. The molecule has 78 valence electrons. The lowest BCUT2D eigenvalue weighted by atomic mass is 10.2. The lowest BCUT2D eigenvalue weighted by Crippen LogP contribution is -2.02. The van der Waals surface area contributed by atoms with Crippen molar-refractivity contribution in [3.05, 3.63) is 29.8 Å². The molecule has 4 heteroatoms. The minimum absolute atomic E-state index is 0.401. The Balaban J connectivity index is 2.47. The number of hydrogen-bond donors (Lipinski definition) is 1. The van der Waals surface area contributed by atoms with E-state index in [1.165, 1.54) is 12.3 Å². The van der Waals surface area contributed by atoms with Crippen LogP contribution in [0.4, 0.5) is 4.39 Å². The van der Waals surface area contributed by atoms with Crippen molar-refractivity contribution in [1.29, 1.82) is 0 Å². The lowest BCUT2D eigenvalue weighted by molar-refractivity contribution is 0.203. The minimum atomic E-state index is -0.616. The zero-order valence-electron chi connectivity index (χ0n) is 8.11. The van der Waals surface area contributed by atoms with Gasteiger partial charge in [0, 0.05) is 17.5 Å². The molecular formula is C10H14FNOS. The van der Waals surface area contributed by atoms with Crippen molar-refractivity contribution in [3.8, 4) is 0 Å². The zero-order valence-corrected chi connectivity index (χ0v) is 8.93. The van der Waals surface area contributed by atoms with Crippen LogP contribution in [0.25, 0.3) is 0 Å². The van der Waals surface area contributed by atoms with Gasteiger partial charge in [-0.2, -0.15) is 11.8 Å². The Morgan fingerprint density at radius 2 is 2.36 bits per heavy atom. The van der Waals surface area contributed by atoms with Gasteiger partial charge < -0.3 is 5.11 Å². The van der Waals surface area contributed by atoms with Gasteiger partial charge in [0.25, 0.3) is 0 Å². The van der Waals surface area contributed by atoms with Gasteiger partial charge in [0.05, 0.1) is 12.3 Å². The van der Waals surface area contributed by atoms with Crippen LogP contribution in [0, 0.1) is 5.82 Å². The van der Waals surface area contributed by atoms with E-state index in [0.717, 1.165) is 18.4 Å². The third kappa shape index (κ3) is 3.64. The first-order valence-corrected chi connectivity index (χ1v) is 5.75. The highest BCUT2D eigenvalue weighted by Crippen LogP contribution is 2.18. The van der Waals surface area contributed by atoms with Crippen molar-refractivity contribution < 1.29 is 9.50 Å². The number of aliphatic hydroxyl groups is 1. The Hall–Kier alpha value is -0.610. The highest BCUT2D eigenvalue weighted by atomic mass is 32.2. The molecule has 0 spiro atoms. The summed E-state index contributed by atoms with van der Waals surface area (Å²) in [6, 6.07) is 1.32. The van der Waals surface area contributed by atoms with E-state index in [0.29, 0.717) is 11.3 Å². The molecule has 0 fully saturated rings. The summed E-state index contributed by atoms with van der Waals surface area (Å²) >= 11 is 1.66. The van der Waals surface area contributed by atoms with Crippen LogP contribution in [0.2, 0.25) is 0 Å². The average molecular weight is 215 g/mol. The molecule has 0 aliphatic rings. The highest BCUT2D eigenvalue weighted by molar-refractivity contribution is 7.99. The van der Waals surface area contributed by atoms with Crippen LogP contribution < -0.4 is 0 Å². The first-order valence-electron chi connectivity index (χ1n) is 4.60. The quantitative estimate of drug-likeness (QED) is 0.766. The Kier molecular flexibility index (Phi) is 4.90. The van der Waals surface area contributed by atoms with E-state index in [2.05, 4.69) is 11.9 Å². The normalized spacial score (nSPS) is 12.8. The molecule has 1 rings (SSSR count). The van der Waals surface area contributed by atoms with E-state index < -0.39 is 11.9 Å². The third-order valence-electron chi connectivity index (χ3n) is 1.73. The van der Waals surface area contributed by atoms with Gasteiger partial charge in [0.15, 0.2) is 0 Å². The van der Waals surface area contributed by atoms with Gasteiger partial charge in [-0.3, -0.25) is 4.98 Å². The zero-order chi connectivity index (χ0) is 10.4. The number of hydrogen-bond acceptors (Lipinski definition) is 3. The molecule has 0 aliphatic carbocycles. The molecule has 2 nitrogen and oxygen atoms in total. The number of pyridine rings is 1. The number of halogens is 1. The summed E-state index contributed by atoms with van der Waals surface area (Å²) in [7, 11) is 0. The summed E-state index contributed by atoms with van der Waals surface area (Å²) in [6.45, 7) is 2.09. The lowest BCUT2D eigenvalue weighted by Gasteiger charge is -2.09. The van der Waals surface area contributed by atoms with E-state index >= 15 is 0 Å². The van der Waals surface area contributed by atoms with E-state index in [9.17, 15) is 9.50 Å². The van der Waals surface area contributed by atoms with Gasteiger partial charge in [-0.15, -0.1) is 0 Å². The Bertz CT molecular complexity index is 283. The van der Waals surface area contributed by atoms with Crippen molar-refractivity contribution in [2.75, 3.05) is 11.5 Å². The average Bonchev–Trinajstić information content (AvgIpc) is 2.18. The number of aliphatic hydroxyl groups excluding tert-OH is 1. The van der Waals surface area contributed by atoms with Gasteiger partial charge >= 0.3 is 0 Å². The highest BCUT2D eigenvalue weighted by Gasteiger charge is 2.08. The topological polar surface area (TPSA) is 33.1 Å². The van der Waals surface area contributed by atoms with Gasteiger partial charge in [0.2, 0.25) is 0 Å². The Labute approximate surface area is 87.6 Å². The molecule has 1 aromatic rings. The van der Waals surface area contributed by atoms with Crippen LogP contribution >= 0.6 is 11.8 Å². The largest absolute Gasteiger partial charge is 0.387 e. The van der Waals surface area contributed by atoms with Gasteiger partial charge in [-0.25, -0.2) is 4.39 Å². The molecule has 1 heterocycles. The summed E-state index contributed by atoms with van der Waals surface area (Å²) in [4.78, 5) is 3.69. The fourth-order valence-corrected chi connectivity index (χ4v) is 1.92. The van der Waals surface area contributed by atoms with Crippen LogP contribution in [0.5, 0.6) is 0 Å². The molecule has 1 unspecified atom stereocenters. The molecule has 0 bridgehead atoms. The molecule has 0 saturated carbocycles. The smallest absolute Gasteiger partial charge is 0.141 e. The predicted octanol–water partition coefficient (Wildman–Crippen LogP) is 2.40. The van der Waals surface area contributed by atoms with Crippen LogP contribution in [-0.2, 0) is 0 Å². The maximum atomic E-state index is 12.7. The number of thioether (sulfide) groups is 1. The first-order chi connectivity index (χ1) is 6.74. The Morgan fingerprint density at radius 1 is 1.57 bits per heavy atom. The molecule has 0 saturated heterocycles. The second-order valence-corrected chi connectivity index (χ2v) is 4.18. The molecule has 1 atom stereocenters. The summed E-state index contributed by atoms with van der Waals surface area (Å²) in [5.74, 6) is 1.21. The van der Waals surface area contributed by atoms with Gasteiger partial charge in [-0.05, 0) is 18.2 Å². The first kappa shape index (κ1) is 11.5. The van der Waals surface area contributed by atoms with Gasteiger partial charge in [-0.1, -0.05) is 6.92 Å². The van der Waals surface area contributed by atoms with E-state index in [4.69, 9.17) is 0 Å². The van der Waals surface area contributed by atoms with Crippen molar-refractivity contribution in [2.24, 2.45) is 0 Å². The Morgan fingerprint density at radius 3 is 3.00 bits per heavy atom. The molecule has 0 aliphatic heterocycles. The van der Waals surface area contributed by atoms with Crippen LogP contribution in [0.3, 0.4) is 0 Å². The van der Waals surface area contributed by atoms with Crippen molar-refractivity contribution in [3.63, 3.8) is 0 Å². The van der Waals surface area contributed by atoms with Crippen LogP contribution in [0.15, 0.2) is 18.5 Å². The van der Waals surface area contributed by atoms with Crippen LogP contribution in [0.1, 0.15) is 25.0 Å². The summed E-state index contributed by atoms with van der Waals surface area (Å²) in [5.41, 5.74) is 0.550. The standard InChI is InChI=1S/C10H14FNOS/c1-2-3-14-7-10(13)8-4-9(11)6-12-5-8/h4-6,10,13H,2-3,7H2,1H3. The maximum absolute atomic E-state index is 12.7. The van der Waals surface area contributed by atoms with E-state index in [1.54, 1.807) is 11.8 Å². The van der Waals surface area contributed by atoms with Crippen molar-refractivity contribution in [2.45, 2.75) is 19.4 Å². The molecule has 0 amide bonds. The molecule has 1 N–H and O–H groups in total. The number of aromatic nitrogens is 1.